The van der Waals surface area contributed by atoms with Crippen LogP contribution < -0.4 is 10.9 Å². The molecule has 4 fully saturated rings. The Labute approximate surface area is 269 Å². The second-order valence-electron chi connectivity index (χ2n) is 13.4. The maximum absolute atomic E-state index is 13.4. The standard InChI is InChI=1S/C34H42Cl2N6O2/c1-21-28-16-24(34(28,3)4)17-30(21)39-33(41-12-5-11-40(14-15-41)22(2)43)38-26-8-9-27-31(19-26)37-20-42(32(27)44)13-10-23-6-7-25(35)18-29(23)36/h6-9,18-21,24,28,30H,5,10-17H2,1-4H3,(H,38,39)/t21-,24-,28+,30-/m0/s1. The highest BCUT2D eigenvalue weighted by molar-refractivity contribution is 6.35. The van der Waals surface area contributed by atoms with Crippen LogP contribution in [-0.2, 0) is 17.8 Å². The lowest BCUT2D eigenvalue weighted by Gasteiger charge is -2.61. The predicted octanol–water partition coefficient (Wildman–Crippen LogP) is 6.34. The zero-order valence-corrected chi connectivity index (χ0v) is 27.5. The fourth-order valence-corrected chi connectivity index (χ4v) is 8.08. The molecular formula is C34H42Cl2N6O2. The number of aliphatic imine (C=N–C) groups is 1. The number of anilines is 1. The lowest BCUT2D eigenvalue weighted by atomic mass is 9.45. The van der Waals surface area contributed by atoms with Gasteiger partial charge >= 0.3 is 0 Å². The minimum Gasteiger partial charge on any atom is -0.341 e. The van der Waals surface area contributed by atoms with Crippen LogP contribution >= 0.6 is 23.2 Å². The molecule has 1 aliphatic heterocycles. The average Bonchev–Trinajstić information content (AvgIpc) is 3.25. The molecule has 1 N–H and O–H groups in total. The van der Waals surface area contributed by atoms with Gasteiger partial charge in [-0.25, -0.2) is 9.98 Å². The average molecular weight is 638 g/mol. The molecule has 2 bridgehead atoms. The molecule has 2 aromatic carbocycles. The van der Waals surface area contributed by atoms with Gasteiger partial charge in [-0.3, -0.25) is 14.2 Å². The van der Waals surface area contributed by atoms with Crippen molar-refractivity contribution in [1.82, 2.24) is 19.4 Å². The molecule has 2 heterocycles. The molecule has 0 spiro atoms. The van der Waals surface area contributed by atoms with Crippen molar-refractivity contribution in [3.05, 3.63) is 68.7 Å². The number of hydrogen-bond acceptors (Lipinski definition) is 4. The lowest BCUT2D eigenvalue weighted by molar-refractivity contribution is -0.128. The van der Waals surface area contributed by atoms with E-state index in [1.165, 1.54) is 6.42 Å². The van der Waals surface area contributed by atoms with Crippen LogP contribution in [0.3, 0.4) is 0 Å². The van der Waals surface area contributed by atoms with Crippen LogP contribution in [0, 0.1) is 23.2 Å². The van der Waals surface area contributed by atoms with Crippen LogP contribution in [0.4, 0.5) is 5.69 Å². The van der Waals surface area contributed by atoms with Crippen molar-refractivity contribution in [3.63, 3.8) is 0 Å². The van der Waals surface area contributed by atoms with Gasteiger partial charge < -0.3 is 15.1 Å². The van der Waals surface area contributed by atoms with Crippen LogP contribution in [0.5, 0.6) is 0 Å². The Kier molecular flexibility index (Phi) is 8.68. The number of halogens is 2. The monoisotopic (exact) mass is 636 g/mol. The summed E-state index contributed by atoms with van der Waals surface area (Å²) in [6, 6.07) is 11.4. The van der Waals surface area contributed by atoms with E-state index in [-0.39, 0.29) is 17.5 Å². The van der Waals surface area contributed by atoms with E-state index >= 15 is 0 Å². The first-order valence-electron chi connectivity index (χ1n) is 15.8. The number of guanidine groups is 1. The van der Waals surface area contributed by atoms with Gasteiger partial charge in [0.1, 0.15) is 0 Å². The van der Waals surface area contributed by atoms with Gasteiger partial charge in [0.15, 0.2) is 5.96 Å². The maximum atomic E-state index is 13.4. The van der Waals surface area contributed by atoms with Crippen LogP contribution in [0.15, 0.2) is 52.5 Å². The van der Waals surface area contributed by atoms with E-state index in [1.54, 1.807) is 30.0 Å². The second kappa shape index (κ2) is 12.4. The zero-order chi connectivity index (χ0) is 31.2. The molecule has 0 radical (unpaired) electrons. The van der Waals surface area contributed by atoms with Gasteiger partial charge in [-0.1, -0.05) is 50.0 Å². The van der Waals surface area contributed by atoms with Crippen molar-refractivity contribution in [3.8, 4) is 0 Å². The van der Waals surface area contributed by atoms with Gasteiger partial charge in [-0.05, 0) is 84.7 Å². The molecule has 4 aliphatic rings. The Hall–Kier alpha value is -3.10. The Balaban J connectivity index is 1.24. The molecule has 3 aliphatic carbocycles. The molecule has 44 heavy (non-hydrogen) atoms. The second-order valence-corrected chi connectivity index (χ2v) is 14.3. The molecule has 234 valence electrons. The number of amides is 1. The SMILES string of the molecule is CC(=O)N1CCCN(C(=N[C@H]2C[C@@H]3C[C@H]([C@@H]2C)C3(C)C)Nc2ccc3c(=O)n(CCc4ccc(Cl)cc4Cl)cnc3c2)CC1. The van der Waals surface area contributed by atoms with Crippen molar-refractivity contribution >= 4 is 51.7 Å². The molecule has 1 amide bonds. The molecular weight excluding hydrogens is 595 g/mol. The van der Waals surface area contributed by atoms with E-state index in [0.717, 1.165) is 49.7 Å². The van der Waals surface area contributed by atoms with E-state index in [0.29, 0.717) is 63.6 Å². The number of rotatable bonds is 5. The summed E-state index contributed by atoms with van der Waals surface area (Å²) in [6.45, 7) is 12.3. The molecule has 10 heteroatoms. The number of benzene rings is 2. The van der Waals surface area contributed by atoms with E-state index in [1.807, 2.05) is 29.2 Å². The smallest absolute Gasteiger partial charge is 0.261 e. The Bertz CT molecular complexity index is 1650. The van der Waals surface area contributed by atoms with E-state index in [9.17, 15) is 9.59 Å². The Morgan fingerprint density at radius 1 is 1.07 bits per heavy atom. The van der Waals surface area contributed by atoms with Gasteiger partial charge in [-0.15, -0.1) is 0 Å². The normalized spacial score (nSPS) is 25.0. The number of carbonyl (C=O) groups is 1. The predicted molar refractivity (Wildman–Crippen MR) is 179 cm³/mol. The summed E-state index contributed by atoms with van der Waals surface area (Å²) < 4.78 is 1.63. The highest BCUT2D eigenvalue weighted by atomic mass is 35.5. The molecule has 3 saturated carbocycles. The molecule has 7 rings (SSSR count). The summed E-state index contributed by atoms with van der Waals surface area (Å²) in [5, 5.41) is 5.36. The summed E-state index contributed by atoms with van der Waals surface area (Å²) in [6.07, 6.45) is 5.50. The summed E-state index contributed by atoms with van der Waals surface area (Å²) in [4.78, 5) is 39.7. The first-order valence-corrected chi connectivity index (χ1v) is 16.5. The quantitative estimate of drug-likeness (QED) is 0.261. The van der Waals surface area contributed by atoms with Crippen molar-refractivity contribution in [2.75, 3.05) is 31.5 Å². The lowest BCUT2D eigenvalue weighted by Crippen LogP contribution is -2.56. The molecule has 0 unspecified atom stereocenters. The van der Waals surface area contributed by atoms with Crippen LogP contribution in [0.2, 0.25) is 10.0 Å². The van der Waals surface area contributed by atoms with Gasteiger partial charge in [0.2, 0.25) is 5.91 Å². The third-order valence-corrected chi connectivity index (χ3v) is 11.1. The number of fused-ring (bicyclic) bond motifs is 3. The van der Waals surface area contributed by atoms with Crippen molar-refractivity contribution in [2.45, 2.75) is 66.0 Å². The molecule has 4 atom stereocenters. The topological polar surface area (TPSA) is 82.8 Å². The number of hydrogen-bond donors (Lipinski definition) is 1. The number of carbonyl (C=O) groups excluding carboxylic acids is 1. The summed E-state index contributed by atoms with van der Waals surface area (Å²) in [5.74, 6) is 2.87. The fourth-order valence-electron chi connectivity index (χ4n) is 7.58. The molecule has 1 aromatic heterocycles. The summed E-state index contributed by atoms with van der Waals surface area (Å²) >= 11 is 12.4. The first-order chi connectivity index (χ1) is 21.0. The molecule has 1 saturated heterocycles. The minimum absolute atomic E-state index is 0.0877. The van der Waals surface area contributed by atoms with Crippen LogP contribution in [0.1, 0.15) is 52.5 Å². The summed E-state index contributed by atoms with van der Waals surface area (Å²) in [5.41, 5.74) is 2.71. The van der Waals surface area contributed by atoms with E-state index in [4.69, 9.17) is 28.2 Å². The number of nitrogens with one attached hydrogen (secondary N) is 1. The van der Waals surface area contributed by atoms with E-state index in [2.05, 4.69) is 36.0 Å². The fraction of sp³-hybridized carbons (Fsp3) is 0.529. The number of nitrogens with zero attached hydrogens (tertiary/aromatic N) is 5. The Morgan fingerprint density at radius 3 is 2.57 bits per heavy atom. The van der Waals surface area contributed by atoms with Gasteiger partial charge in [0.05, 0.1) is 23.3 Å². The highest BCUT2D eigenvalue weighted by Gasteiger charge is 2.56. The van der Waals surface area contributed by atoms with Crippen molar-refractivity contribution in [1.29, 1.82) is 0 Å². The molecule has 8 nitrogen and oxygen atoms in total. The molecule has 3 aromatic rings. The summed E-state index contributed by atoms with van der Waals surface area (Å²) in [7, 11) is 0. The van der Waals surface area contributed by atoms with Crippen molar-refractivity contribution < 1.29 is 4.79 Å². The Morgan fingerprint density at radius 2 is 1.84 bits per heavy atom. The third-order valence-electron chi connectivity index (χ3n) is 10.6. The largest absolute Gasteiger partial charge is 0.341 e. The maximum Gasteiger partial charge on any atom is 0.261 e. The minimum atomic E-state index is -0.0877. The van der Waals surface area contributed by atoms with Crippen molar-refractivity contribution in [2.24, 2.45) is 28.2 Å². The van der Waals surface area contributed by atoms with Gasteiger partial charge in [0, 0.05) is 55.4 Å². The number of aryl methyl sites for hydroxylation is 2. The number of aromatic nitrogens is 2. The highest BCUT2D eigenvalue weighted by Crippen LogP contribution is 2.61. The van der Waals surface area contributed by atoms with Crippen LogP contribution in [-0.4, -0.2) is 63.4 Å². The van der Waals surface area contributed by atoms with Crippen LogP contribution in [0.25, 0.3) is 10.9 Å². The van der Waals surface area contributed by atoms with Gasteiger partial charge in [-0.2, -0.15) is 0 Å². The third kappa shape index (κ3) is 6.08. The zero-order valence-electron chi connectivity index (χ0n) is 26.0. The van der Waals surface area contributed by atoms with Gasteiger partial charge in [0.25, 0.3) is 5.56 Å². The first kappa shape index (κ1) is 30.9. The van der Waals surface area contributed by atoms with E-state index < -0.39 is 0 Å².